The number of thiazole rings is 2. The van der Waals surface area contributed by atoms with Crippen molar-refractivity contribution in [2.45, 2.75) is 5.41 Å². The van der Waals surface area contributed by atoms with Crippen molar-refractivity contribution in [2.75, 3.05) is 0 Å². The van der Waals surface area contributed by atoms with Crippen molar-refractivity contribution in [2.24, 2.45) is 0 Å². The molecule has 4 aromatic heterocycles. The van der Waals surface area contributed by atoms with Gasteiger partial charge in [0, 0.05) is 23.5 Å². The predicted octanol–water partition coefficient (Wildman–Crippen LogP) is 10.4. The molecule has 220 valence electrons. The van der Waals surface area contributed by atoms with Crippen molar-refractivity contribution in [3.05, 3.63) is 167 Å². The highest BCUT2D eigenvalue weighted by Gasteiger charge is 2.51. The summed E-state index contributed by atoms with van der Waals surface area (Å²) in [4.78, 5) is 20.9. The van der Waals surface area contributed by atoms with Crippen LogP contribution in [0, 0.1) is 0 Å². The Balaban J connectivity index is 1.22. The Morgan fingerprint density at radius 3 is 1.32 bits per heavy atom. The van der Waals surface area contributed by atoms with E-state index in [-0.39, 0.29) is 0 Å². The number of rotatable bonds is 4. The molecular formula is C41H24N4S2. The van der Waals surface area contributed by atoms with E-state index in [1.807, 2.05) is 23.4 Å². The van der Waals surface area contributed by atoms with E-state index >= 15 is 0 Å². The van der Waals surface area contributed by atoms with E-state index in [1.165, 1.54) is 44.5 Å². The molecule has 6 heteroatoms. The molecule has 1 spiro atoms. The summed E-state index contributed by atoms with van der Waals surface area (Å²) in [5.74, 6) is 0. The van der Waals surface area contributed by atoms with Crippen LogP contribution in [0.3, 0.4) is 0 Å². The summed E-state index contributed by atoms with van der Waals surface area (Å²) in [6, 6.07) is 44.2. The van der Waals surface area contributed by atoms with Gasteiger partial charge in [-0.05, 0) is 80.9 Å². The van der Waals surface area contributed by atoms with Crippen LogP contribution in [0.4, 0.5) is 0 Å². The largest absolute Gasteiger partial charge is 0.252 e. The highest BCUT2D eigenvalue weighted by molar-refractivity contribution is 7.13. The molecule has 2 aliphatic carbocycles. The molecule has 2 aliphatic rings. The van der Waals surface area contributed by atoms with Gasteiger partial charge in [0.05, 0.1) is 49.0 Å². The summed E-state index contributed by atoms with van der Waals surface area (Å²) in [6.07, 6.45) is 3.77. The normalized spacial score (nSPS) is 13.3. The molecule has 4 aromatic carbocycles. The Morgan fingerprint density at radius 2 is 0.851 bits per heavy atom. The third-order valence-corrected chi connectivity index (χ3v) is 11.1. The maximum absolute atomic E-state index is 5.11. The van der Waals surface area contributed by atoms with Gasteiger partial charge in [-0.3, -0.25) is 9.97 Å². The Morgan fingerprint density at radius 1 is 0.404 bits per heavy atom. The van der Waals surface area contributed by atoms with Crippen molar-refractivity contribution >= 4 is 22.7 Å². The third kappa shape index (κ3) is 3.86. The molecule has 0 aliphatic heterocycles. The van der Waals surface area contributed by atoms with Gasteiger partial charge < -0.3 is 0 Å². The van der Waals surface area contributed by atoms with Gasteiger partial charge in [-0.25, -0.2) is 9.97 Å². The predicted molar refractivity (Wildman–Crippen MR) is 191 cm³/mol. The van der Waals surface area contributed by atoms with Crippen LogP contribution in [0.1, 0.15) is 22.3 Å². The minimum Gasteiger partial charge on any atom is -0.252 e. The molecule has 0 atom stereocenters. The fraction of sp³-hybridized carbons (Fsp3) is 0.0244. The second-order valence-electron chi connectivity index (χ2n) is 11.9. The highest BCUT2D eigenvalue weighted by Crippen LogP contribution is 2.63. The Hall–Kier alpha value is -5.56. The van der Waals surface area contributed by atoms with E-state index in [9.17, 15) is 0 Å². The first-order valence-electron chi connectivity index (χ1n) is 15.5. The van der Waals surface area contributed by atoms with Crippen molar-refractivity contribution in [3.8, 4) is 65.9 Å². The molecule has 0 N–H and O–H groups in total. The summed E-state index contributed by atoms with van der Waals surface area (Å²) in [7, 11) is 0. The zero-order chi connectivity index (χ0) is 31.0. The fourth-order valence-electron chi connectivity index (χ4n) is 7.61. The Kier molecular flexibility index (Phi) is 5.79. The van der Waals surface area contributed by atoms with Gasteiger partial charge in [0.25, 0.3) is 0 Å². The van der Waals surface area contributed by atoms with Crippen LogP contribution in [-0.2, 0) is 5.41 Å². The number of hydrogen-bond acceptors (Lipinski definition) is 6. The lowest BCUT2D eigenvalue weighted by atomic mass is 9.70. The molecule has 0 saturated carbocycles. The molecule has 0 fully saturated rings. The lowest BCUT2D eigenvalue weighted by Gasteiger charge is -2.31. The Labute approximate surface area is 279 Å². The van der Waals surface area contributed by atoms with Crippen LogP contribution >= 0.6 is 22.7 Å². The number of aromatic nitrogens is 4. The van der Waals surface area contributed by atoms with Gasteiger partial charge in [-0.2, -0.15) is 0 Å². The summed E-state index contributed by atoms with van der Waals surface area (Å²) >= 11 is 3.22. The van der Waals surface area contributed by atoms with Gasteiger partial charge in [-0.15, -0.1) is 22.7 Å². The average Bonchev–Trinajstić information content (AvgIpc) is 3.96. The first-order valence-corrected chi connectivity index (χ1v) is 17.3. The quantitative estimate of drug-likeness (QED) is 0.193. The van der Waals surface area contributed by atoms with Crippen LogP contribution < -0.4 is 0 Å². The monoisotopic (exact) mass is 636 g/mol. The molecule has 47 heavy (non-hydrogen) atoms. The maximum atomic E-state index is 5.11. The number of hydrogen-bond donors (Lipinski definition) is 0. The van der Waals surface area contributed by atoms with Crippen LogP contribution in [0.2, 0.25) is 0 Å². The summed E-state index contributed by atoms with van der Waals surface area (Å²) < 4.78 is 0. The summed E-state index contributed by atoms with van der Waals surface area (Å²) in [6.45, 7) is 0. The maximum Gasteiger partial charge on any atom is 0.0825 e. The van der Waals surface area contributed by atoms with Gasteiger partial charge >= 0.3 is 0 Å². The second-order valence-corrected chi connectivity index (χ2v) is 13.7. The Bertz CT molecular complexity index is 2310. The standard InChI is InChI=1S/C41H24N4S2/c1-3-9-31-27(7-1)28-8-2-4-10-32(28)41(31)33-19-25(35-11-5-13-37(44-35)39-21-42-23-46-39)15-17-29(33)30-18-16-26(20-34(30)41)36-12-6-14-38(45-36)40-22-43-24-47-40/h1-24H. The lowest BCUT2D eigenvalue weighted by molar-refractivity contribution is 0.794. The highest BCUT2D eigenvalue weighted by atomic mass is 32.1. The molecule has 0 saturated heterocycles. The summed E-state index contributed by atoms with van der Waals surface area (Å²) in [5.41, 5.74) is 19.5. The topological polar surface area (TPSA) is 51.6 Å². The van der Waals surface area contributed by atoms with E-state index < -0.39 is 5.41 Å². The van der Waals surface area contributed by atoms with E-state index in [2.05, 4.69) is 131 Å². The minimum atomic E-state index is -0.478. The van der Waals surface area contributed by atoms with Crippen molar-refractivity contribution in [3.63, 3.8) is 0 Å². The minimum absolute atomic E-state index is 0.478. The van der Waals surface area contributed by atoms with Gasteiger partial charge in [0.15, 0.2) is 0 Å². The van der Waals surface area contributed by atoms with Crippen molar-refractivity contribution in [1.82, 2.24) is 19.9 Å². The molecule has 0 bridgehead atoms. The van der Waals surface area contributed by atoms with Crippen LogP contribution in [0.25, 0.3) is 65.9 Å². The molecule has 4 nitrogen and oxygen atoms in total. The third-order valence-electron chi connectivity index (χ3n) is 9.55. The fourth-order valence-corrected chi connectivity index (χ4v) is 8.79. The molecule has 10 rings (SSSR count). The zero-order valence-electron chi connectivity index (χ0n) is 25.0. The summed E-state index contributed by atoms with van der Waals surface area (Å²) in [5, 5.41) is 0. The smallest absolute Gasteiger partial charge is 0.0825 e. The molecule has 8 aromatic rings. The number of fused-ring (bicyclic) bond motifs is 10. The second kappa shape index (κ2) is 10.2. The van der Waals surface area contributed by atoms with Crippen LogP contribution in [0.5, 0.6) is 0 Å². The molecule has 0 radical (unpaired) electrons. The molecule has 4 heterocycles. The zero-order valence-corrected chi connectivity index (χ0v) is 26.6. The first kappa shape index (κ1) is 26.6. The van der Waals surface area contributed by atoms with E-state index in [0.717, 1.165) is 43.7 Å². The molecular weight excluding hydrogens is 613 g/mol. The van der Waals surface area contributed by atoms with E-state index in [4.69, 9.17) is 9.97 Å². The van der Waals surface area contributed by atoms with Crippen molar-refractivity contribution < 1.29 is 0 Å². The van der Waals surface area contributed by atoms with Gasteiger partial charge in [-0.1, -0.05) is 84.9 Å². The van der Waals surface area contributed by atoms with Gasteiger partial charge in [0.1, 0.15) is 0 Å². The number of benzene rings is 4. The molecule has 0 unspecified atom stereocenters. The molecule has 0 amide bonds. The van der Waals surface area contributed by atoms with E-state index in [1.54, 1.807) is 22.7 Å². The SMILES string of the molecule is c1cc(-c2ccc3c(c2)C2(c4ccccc4-c4ccccc42)c2cc(-c4cccc(-c5cncs5)n4)ccc2-3)nc(-c2cncs2)c1. The van der Waals surface area contributed by atoms with Crippen molar-refractivity contribution in [1.29, 1.82) is 0 Å². The number of nitrogens with zero attached hydrogens (tertiary/aromatic N) is 4. The lowest BCUT2D eigenvalue weighted by Crippen LogP contribution is -2.26. The number of pyridine rings is 2. The average molecular weight is 637 g/mol. The first-order chi connectivity index (χ1) is 23.3. The van der Waals surface area contributed by atoms with Crippen LogP contribution in [0.15, 0.2) is 145 Å². The van der Waals surface area contributed by atoms with E-state index in [0.29, 0.717) is 0 Å². The van der Waals surface area contributed by atoms with Crippen LogP contribution in [-0.4, -0.2) is 19.9 Å². The van der Waals surface area contributed by atoms with Gasteiger partial charge in [0.2, 0.25) is 0 Å².